The Morgan fingerprint density at radius 3 is 2.88 bits per heavy atom. The molecular weight excluding hydrogens is 212 g/mol. The normalized spacial score (nSPS) is 27.7. The van der Waals surface area contributed by atoms with Crippen molar-refractivity contribution in [3.05, 3.63) is 34.9 Å². The van der Waals surface area contributed by atoms with Crippen LogP contribution in [-0.2, 0) is 17.6 Å². The molecule has 90 valence electrons. The third-order valence-electron chi connectivity index (χ3n) is 3.73. The van der Waals surface area contributed by atoms with E-state index in [2.05, 4.69) is 28.8 Å². The molecule has 17 heavy (non-hydrogen) atoms. The minimum absolute atomic E-state index is 0.0988. The van der Waals surface area contributed by atoms with Gasteiger partial charge in [0.15, 0.2) is 0 Å². The maximum absolute atomic E-state index is 11.9. The summed E-state index contributed by atoms with van der Waals surface area (Å²) in [5, 5.41) is 6.31. The molecule has 0 aromatic heterocycles. The second-order valence-corrected chi connectivity index (χ2v) is 5.13. The van der Waals surface area contributed by atoms with Crippen molar-refractivity contribution in [2.75, 3.05) is 6.54 Å². The molecule has 0 radical (unpaired) electrons. The fourth-order valence-electron chi connectivity index (χ4n) is 2.81. The number of aryl methyl sites for hydroxylation is 2. The zero-order chi connectivity index (χ0) is 11.8. The van der Waals surface area contributed by atoms with Gasteiger partial charge in [-0.3, -0.25) is 4.79 Å². The SMILES string of the molecule is CC1CNC(c2ccc3c(c2)CCC3)C(=O)N1. The van der Waals surface area contributed by atoms with Gasteiger partial charge in [0.2, 0.25) is 5.91 Å². The first-order valence-electron chi connectivity index (χ1n) is 6.39. The molecule has 1 aliphatic heterocycles. The van der Waals surface area contributed by atoms with Crippen molar-refractivity contribution in [3.63, 3.8) is 0 Å². The number of carbonyl (C=O) groups is 1. The molecule has 0 spiro atoms. The standard InChI is InChI=1S/C14H18N2O/c1-9-8-15-13(14(17)16-9)12-6-5-10-3-2-4-11(10)7-12/h5-7,9,13,15H,2-4,8H2,1H3,(H,16,17). The van der Waals surface area contributed by atoms with Gasteiger partial charge < -0.3 is 10.6 Å². The highest BCUT2D eigenvalue weighted by molar-refractivity contribution is 5.84. The summed E-state index contributed by atoms with van der Waals surface area (Å²) in [4.78, 5) is 11.9. The van der Waals surface area contributed by atoms with Crippen LogP contribution in [0.15, 0.2) is 18.2 Å². The molecule has 2 unspecified atom stereocenters. The summed E-state index contributed by atoms with van der Waals surface area (Å²) < 4.78 is 0. The molecule has 1 saturated heterocycles. The second kappa shape index (κ2) is 4.15. The van der Waals surface area contributed by atoms with E-state index in [0.717, 1.165) is 18.5 Å². The van der Waals surface area contributed by atoms with Crippen molar-refractivity contribution in [3.8, 4) is 0 Å². The van der Waals surface area contributed by atoms with Gasteiger partial charge in [-0.05, 0) is 42.9 Å². The fourth-order valence-corrected chi connectivity index (χ4v) is 2.81. The second-order valence-electron chi connectivity index (χ2n) is 5.13. The molecule has 1 aromatic rings. The number of amides is 1. The predicted octanol–water partition coefficient (Wildman–Crippen LogP) is 1.32. The molecule has 1 aliphatic carbocycles. The lowest BCUT2D eigenvalue weighted by Crippen LogP contribution is -2.52. The van der Waals surface area contributed by atoms with Crippen LogP contribution in [-0.4, -0.2) is 18.5 Å². The minimum Gasteiger partial charge on any atom is -0.351 e. The number of carbonyl (C=O) groups excluding carboxylic acids is 1. The third kappa shape index (κ3) is 1.95. The molecule has 1 amide bonds. The van der Waals surface area contributed by atoms with Crippen molar-refractivity contribution in [2.45, 2.75) is 38.3 Å². The number of nitrogens with one attached hydrogen (secondary N) is 2. The summed E-state index contributed by atoms with van der Waals surface area (Å²) in [7, 11) is 0. The van der Waals surface area contributed by atoms with Gasteiger partial charge in [0.05, 0.1) is 0 Å². The Bertz CT molecular complexity index is 456. The Morgan fingerprint density at radius 1 is 1.24 bits per heavy atom. The van der Waals surface area contributed by atoms with Gasteiger partial charge in [0.25, 0.3) is 0 Å². The number of benzene rings is 1. The Morgan fingerprint density at radius 2 is 2.06 bits per heavy atom. The van der Waals surface area contributed by atoms with Gasteiger partial charge in [0.1, 0.15) is 6.04 Å². The van der Waals surface area contributed by atoms with Crippen LogP contribution in [0.4, 0.5) is 0 Å². The van der Waals surface area contributed by atoms with Crippen LogP contribution in [0.25, 0.3) is 0 Å². The Balaban J connectivity index is 1.86. The van der Waals surface area contributed by atoms with Gasteiger partial charge in [-0.1, -0.05) is 18.2 Å². The lowest BCUT2D eigenvalue weighted by atomic mass is 9.99. The van der Waals surface area contributed by atoms with E-state index in [4.69, 9.17) is 0 Å². The smallest absolute Gasteiger partial charge is 0.241 e. The highest BCUT2D eigenvalue weighted by Gasteiger charge is 2.27. The van der Waals surface area contributed by atoms with E-state index >= 15 is 0 Å². The molecular formula is C14H18N2O. The topological polar surface area (TPSA) is 41.1 Å². The van der Waals surface area contributed by atoms with Crippen molar-refractivity contribution >= 4 is 5.91 Å². The van der Waals surface area contributed by atoms with Gasteiger partial charge in [-0.15, -0.1) is 0 Å². The van der Waals surface area contributed by atoms with E-state index in [-0.39, 0.29) is 18.0 Å². The monoisotopic (exact) mass is 230 g/mol. The van der Waals surface area contributed by atoms with Gasteiger partial charge in [-0.2, -0.15) is 0 Å². The van der Waals surface area contributed by atoms with Crippen molar-refractivity contribution in [2.24, 2.45) is 0 Å². The third-order valence-corrected chi connectivity index (χ3v) is 3.73. The average molecular weight is 230 g/mol. The lowest BCUT2D eigenvalue weighted by Gasteiger charge is -2.28. The predicted molar refractivity (Wildman–Crippen MR) is 66.8 cm³/mol. The fraction of sp³-hybridized carbons (Fsp3) is 0.500. The molecule has 2 atom stereocenters. The summed E-state index contributed by atoms with van der Waals surface area (Å²) in [6.45, 7) is 2.86. The molecule has 0 saturated carbocycles. The maximum Gasteiger partial charge on any atom is 0.241 e. The van der Waals surface area contributed by atoms with E-state index in [1.165, 1.54) is 24.0 Å². The maximum atomic E-state index is 11.9. The van der Waals surface area contributed by atoms with E-state index < -0.39 is 0 Å². The van der Waals surface area contributed by atoms with Crippen LogP contribution in [0.3, 0.4) is 0 Å². The summed E-state index contributed by atoms with van der Waals surface area (Å²) in [5.41, 5.74) is 3.99. The zero-order valence-corrected chi connectivity index (χ0v) is 10.1. The summed E-state index contributed by atoms with van der Waals surface area (Å²) >= 11 is 0. The molecule has 0 bridgehead atoms. The molecule has 3 nitrogen and oxygen atoms in total. The van der Waals surface area contributed by atoms with E-state index in [1.807, 2.05) is 6.92 Å². The zero-order valence-electron chi connectivity index (χ0n) is 10.1. The first-order valence-corrected chi connectivity index (χ1v) is 6.39. The molecule has 1 heterocycles. The molecule has 1 aromatic carbocycles. The summed E-state index contributed by atoms with van der Waals surface area (Å²) in [6.07, 6.45) is 3.60. The molecule has 2 N–H and O–H groups in total. The number of hydrogen-bond acceptors (Lipinski definition) is 2. The van der Waals surface area contributed by atoms with Gasteiger partial charge in [0, 0.05) is 12.6 Å². The molecule has 3 rings (SSSR count). The molecule has 1 fully saturated rings. The quantitative estimate of drug-likeness (QED) is 0.764. The van der Waals surface area contributed by atoms with Crippen LogP contribution in [0.1, 0.15) is 36.1 Å². The van der Waals surface area contributed by atoms with Crippen LogP contribution >= 0.6 is 0 Å². The van der Waals surface area contributed by atoms with Crippen LogP contribution in [0.5, 0.6) is 0 Å². The van der Waals surface area contributed by atoms with Crippen LogP contribution in [0.2, 0.25) is 0 Å². The first-order chi connectivity index (χ1) is 8.24. The number of fused-ring (bicyclic) bond motifs is 1. The Kier molecular flexibility index (Phi) is 2.63. The number of hydrogen-bond donors (Lipinski definition) is 2. The molecule has 3 heteroatoms. The summed E-state index contributed by atoms with van der Waals surface area (Å²) in [5.74, 6) is 0.0988. The van der Waals surface area contributed by atoms with E-state index in [0.29, 0.717) is 0 Å². The number of rotatable bonds is 1. The van der Waals surface area contributed by atoms with Gasteiger partial charge in [-0.25, -0.2) is 0 Å². The first kappa shape index (κ1) is 10.8. The van der Waals surface area contributed by atoms with Crippen molar-refractivity contribution in [1.82, 2.24) is 10.6 Å². The average Bonchev–Trinajstić information content (AvgIpc) is 2.75. The van der Waals surface area contributed by atoms with E-state index in [9.17, 15) is 4.79 Å². The lowest BCUT2D eigenvalue weighted by molar-refractivity contribution is -0.125. The Hall–Kier alpha value is -1.35. The van der Waals surface area contributed by atoms with Crippen molar-refractivity contribution in [1.29, 1.82) is 0 Å². The van der Waals surface area contributed by atoms with Gasteiger partial charge >= 0.3 is 0 Å². The minimum atomic E-state index is -0.169. The summed E-state index contributed by atoms with van der Waals surface area (Å²) in [6, 6.07) is 6.54. The molecule has 2 aliphatic rings. The van der Waals surface area contributed by atoms with Crippen LogP contribution < -0.4 is 10.6 Å². The number of piperazine rings is 1. The highest BCUT2D eigenvalue weighted by atomic mass is 16.2. The van der Waals surface area contributed by atoms with Crippen LogP contribution in [0, 0.1) is 0 Å². The largest absolute Gasteiger partial charge is 0.351 e. The Labute approximate surface area is 102 Å². The van der Waals surface area contributed by atoms with E-state index in [1.54, 1.807) is 0 Å². The van der Waals surface area contributed by atoms with Crippen molar-refractivity contribution < 1.29 is 4.79 Å². The highest BCUT2D eigenvalue weighted by Crippen LogP contribution is 2.26.